The Morgan fingerprint density at radius 3 is 1.58 bits per heavy atom. The van der Waals surface area contributed by atoms with Crippen LogP contribution >= 0.6 is 0 Å². The molecule has 6 aromatic heterocycles. The maximum atomic E-state index is 12.7. The molecule has 4 N–H and O–H groups in total. The van der Waals surface area contributed by atoms with E-state index in [0.29, 0.717) is 42.7 Å². The van der Waals surface area contributed by atoms with Crippen molar-refractivity contribution in [3.63, 3.8) is 0 Å². The maximum Gasteiger partial charge on any atom is 0.335 e. The SMILES string of the molecule is CC1CCCN1c1cccc(Cc2cc(-c3cccc(C(=O)NCCN(C)C)c3)nn3ccnc23)n1.CC1CCCN1c1cccc(Cc2cc(-c3cccc(C(=O)O)c3)nn3ccnc23)n1.CN(C)CCN. The van der Waals surface area contributed by atoms with Gasteiger partial charge in [-0.25, -0.2) is 33.8 Å². The number of rotatable bonds is 15. The zero-order valence-electron chi connectivity index (χ0n) is 42.9. The molecule has 380 valence electrons. The molecule has 0 aliphatic carbocycles. The second-order valence-electron chi connectivity index (χ2n) is 19.3. The number of anilines is 2. The number of nitrogens with one attached hydrogen (secondary N) is 1. The molecular formula is C56H68N14O3. The molecule has 2 aromatic carbocycles. The molecule has 0 radical (unpaired) electrons. The van der Waals surface area contributed by atoms with Gasteiger partial charge in [-0.2, -0.15) is 10.2 Å². The third kappa shape index (κ3) is 13.3. The molecule has 0 saturated carbocycles. The zero-order chi connectivity index (χ0) is 51.4. The monoisotopic (exact) mass is 985 g/mol. The first-order valence-electron chi connectivity index (χ1n) is 25.2. The standard InChI is InChI=1S/C28H33N7O.C24H23N5O2.C4H12N2/c1-20-7-6-14-34(20)26-11-5-10-24(31-26)18-23-19-25(32-35-16-13-29-27(23)35)21-8-4-9-22(17-21)28(36)30-12-15-33(2)3;1-16-5-4-11-28(16)22-9-3-8-20(26-22)14-19-15-21(27-29-12-10-25-23(19)29)17-6-2-7-18(13-17)24(30)31;1-6(2)4-3-5/h4-5,8-11,13,16-17,19-20H,6-7,12,14-15,18H2,1-3H3,(H,30,36);2-3,6-10,12-13,15-16H,4-5,11,14H2,1H3,(H,30,31);3-5H2,1-2H3. The predicted octanol–water partition coefficient (Wildman–Crippen LogP) is 7.24. The Labute approximate surface area is 427 Å². The average molecular weight is 985 g/mol. The van der Waals surface area contributed by atoms with E-state index in [1.807, 2.05) is 81.8 Å². The summed E-state index contributed by atoms with van der Waals surface area (Å²) in [6.45, 7) is 9.74. The molecule has 0 bridgehead atoms. The van der Waals surface area contributed by atoms with E-state index in [0.717, 1.165) is 95.0 Å². The molecule has 2 fully saturated rings. The van der Waals surface area contributed by atoms with Crippen LogP contribution in [-0.2, 0) is 12.8 Å². The van der Waals surface area contributed by atoms with Gasteiger partial charge >= 0.3 is 5.97 Å². The minimum Gasteiger partial charge on any atom is -0.478 e. The molecule has 8 heterocycles. The predicted molar refractivity (Wildman–Crippen MR) is 288 cm³/mol. The smallest absolute Gasteiger partial charge is 0.335 e. The van der Waals surface area contributed by atoms with E-state index >= 15 is 0 Å². The number of carbonyl (C=O) groups excluding carboxylic acids is 1. The number of imidazole rings is 2. The number of carboxylic acid groups (broad SMARTS) is 1. The molecular weight excluding hydrogens is 917 g/mol. The molecule has 2 unspecified atom stereocenters. The van der Waals surface area contributed by atoms with E-state index in [1.54, 1.807) is 45.8 Å². The number of amides is 1. The lowest BCUT2D eigenvalue weighted by Crippen LogP contribution is -2.31. The van der Waals surface area contributed by atoms with Crippen LogP contribution in [0.4, 0.5) is 11.6 Å². The van der Waals surface area contributed by atoms with E-state index in [1.165, 1.54) is 25.7 Å². The highest BCUT2D eigenvalue weighted by Gasteiger charge is 2.23. The second kappa shape index (κ2) is 24.2. The fourth-order valence-corrected chi connectivity index (χ4v) is 9.28. The Balaban J connectivity index is 0.000000177. The van der Waals surface area contributed by atoms with Crippen LogP contribution in [0.25, 0.3) is 33.8 Å². The Bertz CT molecular complexity index is 3130. The zero-order valence-corrected chi connectivity index (χ0v) is 42.9. The highest BCUT2D eigenvalue weighted by atomic mass is 16.4. The summed E-state index contributed by atoms with van der Waals surface area (Å²) in [6, 6.07) is 32.0. The number of benzene rings is 2. The molecule has 2 aliphatic heterocycles. The third-order valence-electron chi connectivity index (χ3n) is 13.1. The van der Waals surface area contributed by atoms with Crippen LogP contribution in [-0.4, -0.2) is 145 Å². The van der Waals surface area contributed by atoms with Crippen molar-refractivity contribution in [1.82, 2.24) is 54.3 Å². The van der Waals surface area contributed by atoms with E-state index in [4.69, 9.17) is 20.8 Å². The van der Waals surface area contributed by atoms with Gasteiger partial charge < -0.3 is 35.8 Å². The molecule has 2 atom stereocenters. The van der Waals surface area contributed by atoms with Crippen LogP contribution < -0.4 is 20.9 Å². The lowest BCUT2D eigenvalue weighted by molar-refractivity contribution is 0.0696. The first-order chi connectivity index (χ1) is 35.3. The summed E-state index contributed by atoms with van der Waals surface area (Å²) in [5, 5.41) is 21.7. The van der Waals surface area contributed by atoms with Gasteiger partial charge in [0.2, 0.25) is 0 Å². The first kappa shape index (κ1) is 51.7. The number of carbonyl (C=O) groups is 2. The van der Waals surface area contributed by atoms with Crippen molar-refractivity contribution in [2.24, 2.45) is 5.73 Å². The average Bonchev–Trinajstić information content (AvgIpc) is 4.23. The number of fused-ring (bicyclic) bond motifs is 2. The van der Waals surface area contributed by atoms with Crippen molar-refractivity contribution >= 4 is 34.8 Å². The molecule has 8 aromatic rings. The molecule has 17 nitrogen and oxygen atoms in total. The van der Waals surface area contributed by atoms with Crippen molar-refractivity contribution in [3.8, 4) is 22.5 Å². The highest BCUT2D eigenvalue weighted by Crippen LogP contribution is 2.28. The lowest BCUT2D eigenvalue weighted by atomic mass is 10.0. The largest absolute Gasteiger partial charge is 0.478 e. The number of carboxylic acids is 1. The lowest BCUT2D eigenvalue weighted by Gasteiger charge is -2.23. The summed E-state index contributed by atoms with van der Waals surface area (Å²) < 4.78 is 3.55. The van der Waals surface area contributed by atoms with Crippen LogP contribution in [0, 0.1) is 0 Å². The Morgan fingerprint density at radius 2 is 1.14 bits per heavy atom. The van der Waals surface area contributed by atoms with E-state index in [9.17, 15) is 14.7 Å². The minimum absolute atomic E-state index is 0.0835. The minimum atomic E-state index is -0.956. The van der Waals surface area contributed by atoms with Crippen LogP contribution in [0.2, 0.25) is 0 Å². The number of aromatic carboxylic acids is 1. The van der Waals surface area contributed by atoms with Gasteiger partial charge in [0.1, 0.15) is 11.6 Å². The van der Waals surface area contributed by atoms with Gasteiger partial charge in [0.25, 0.3) is 5.91 Å². The molecule has 2 saturated heterocycles. The fourth-order valence-electron chi connectivity index (χ4n) is 9.28. The molecule has 73 heavy (non-hydrogen) atoms. The Kier molecular flexibility index (Phi) is 17.2. The van der Waals surface area contributed by atoms with Gasteiger partial charge in [0.15, 0.2) is 11.3 Å². The van der Waals surface area contributed by atoms with Crippen molar-refractivity contribution in [2.75, 3.05) is 77.3 Å². The van der Waals surface area contributed by atoms with Crippen LogP contribution in [0.1, 0.15) is 82.8 Å². The van der Waals surface area contributed by atoms with Gasteiger partial charge in [0, 0.05) is 128 Å². The third-order valence-corrected chi connectivity index (χ3v) is 13.1. The Morgan fingerprint density at radius 1 is 0.658 bits per heavy atom. The number of nitrogens with two attached hydrogens (primary N) is 1. The molecule has 17 heteroatoms. The summed E-state index contributed by atoms with van der Waals surface area (Å²) in [5.74, 6) is 1.02. The molecule has 2 aliphatic rings. The second-order valence-corrected chi connectivity index (χ2v) is 19.3. The van der Waals surface area contributed by atoms with E-state index in [2.05, 4.69) is 85.3 Å². The fraction of sp³-hybridized carbons (Fsp3) is 0.357. The van der Waals surface area contributed by atoms with Crippen LogP contribution in [0.5, 0.6) is 0 Å². The summed E-state index contributed by atoms with van der Waals surface area (Å²) in [5.41, 5.74) is 14.8. The van der Waals surface area contributed by atoms with Crippen molar-refractivity contribution in [1.29, 1.82) is 0 Å². The number of hydrogen-bond donors (Lipinski definition) is 3. The first-order valence-corrected chi connectivity index (χ1v) is 25.2. The van der Waals surface area contributed by atoms with Gasteiger partial charge in [0.05, 0.1) is 17.0 Å². The van der Waals surface area contributed by atoms with E-state index < -0.39 is 5.97 Å². The Hall–Kier alpha value is -7.60. The topological polar surface area (TPSA) is 192 Å². The normalized spacial score (nSPS) is 15.4. The number of aromatic nitrogens is 8. The maximum absolute atomic E-state index is 12.7. The summed E-state index contributed by atoms with van der Waals surface area (Å²) >= 11 is 0. The van der Waals surface area contributed by atoms with Crippen molar-refractivity contribution in [2.45, 2.75) is 64.5 Å². The van der Waals surface area contributed by atoms with Gasteiger partial charge in [-0.3, -0.25) is 4.79 Å². The summed E-state index contributed by atoms with van der Waals surface area (Å²) in [6.07, 6.45) is 13.2. The van der Waals surface area contributed by atoms with Crippen LogP contribution in [0.3, 0.4) is 0 Å². The van der Waals surface area contributed by atoms with Crippen molar-refractivity contribution < 1.29 is 14.7 Å². The summed E-state index contributed by atoms with van der Waals surface area (Å²) in [7, 11) is 7.99. The molecule has 0 spiro atoms. The van der Waals surface area contributed by atoms with E-state index in [-0.39, 0.29) is 11.5 Å². The number of likely N-dealkylation sites (N-methyl/N-ethyl adjacent to an activating group) is 2. The quantitative estimate of drug-likeness (QED) is 0.0932. The summed E-state index contributed by atoms with van der Waals surface area (Å²) in [4.78, 5) is 51.8. The van der Waals surface area contributed by atoms with Crippen LogP contribution in [0.15, 0.2) is 122 Å². The molecule has 1 amide bonds. The van der Waals surface area contributed by atoms with Crippen molar-refractivity contribution in [3.05, 3.63) is 155 Å². The van der Waals surface area contributed by atoms with Gasteiger partial charge in [-0.15, -0.1) is 0 Å². The highest BCUT2D eigenvalue weighted by molar-refractivity contribution is 5.95. The number of nitrogens with zero attached hydrogens (tertiary/aromatic N) is 12. The molecule has 10 rings (SSSR count). The van der Waals surface area contributed by atoms with Gasteiger partial charge in [-0.1, -0.05) is 36.4 Å². The number of pyridine rings is 2. The van der Waals surface area contributed by atoms with Gasteiger partial charge in [-0.05, 0) is 128 Å². The number of hydrogen-bond acceptors (Lipinski definition) is 13.